The minimum Gasteiger partial charge on any atom is -0.343 e. The van der Waals surface area contributed by atoms with Crippen LogP contribution in [0.15, 0.2) is 22.7 Å². The van der Waals surface area contributed by atoms with Gasteiger partial charge < -0.3 is 10.2 Å². The number of nitrogens with zero attached hydrogens (tertiary/aromatic N) is 1. The molecule has 1 atom stereocenters. The lowest BCUT2D eigenvalue weighted by atomic mass is 10.1. The first-order chi connectivity index (χ1) is 9.04. The van der Waals surface area contributed by atoms with Gasteiger partial charge in [-0.2, -0.15) is 0 Å². The summed E-state index contributed by atoms with van der Waals surface area (Å²) < 4.78 is 0.634. The first-order valence-corrected chi connectivity index (χ1v) is 7.26. The second-order valence-electron chi connectivity index (χ2n) is 4.41. The predicted molar refractivity (Wildman–Crippen MR) is 78.3 cm³/mol. The molecule has 1 N–H and O–H groups in total. The highest BCUT2D eigenvalue weighted by Crippen LogP contribution is 2.33. The van der Waals surface area contributed by atoms with E-state index in [4.69, 9.17) is 11.6 Å². The fourth-order valence-electron chi connectivity index (χ4n) is 2.10. The van der Waals surface area contributed by atoms with E-state index in [0.717, 1.165) is 6.42 Å². The van der Waals surface area contributed by atoms with E-state index in [2.05, 4.69) is 21.2 Å². The van der Waals surface area contributed by atoms with E-state index in [1.54, 1.807) is 18.2 Å². The zero-order valence-corrected chi connectivity index (χ0v) is 12.8. The summed E-state index contributed by atoms with van der Waals surface area (Å²) in [5, 5.41) is 3.24. The van der Waals surface area contributed by atoms with Crippen molar-refractivity contribution in [2.24, 2.45) is 0 Å². The third-order valence-electron chi connectivity index (χ3n) is 3.00. The van der Waals surface area contributed by atoms with E-state index in [1.807, 2.05) is 6.92 Å². The van der Waals surface area contributed by atoms with E-state index in [9.17, 15) is 9.59 Å². The number of rotatable bonds is 3. The van der Waals surface area contributed by atoms with Crippen LogP contribution in [0.25, 0.3) is 0 Å². The Kier molecular flexibility index (Phi) is 4.47. The van der Waals surface area contributed by atoms with Crippen molar-refractivity contribution in [2.45, 2.75) is 25.8 Å². The van der Waals surface area contributed by atoms with Crippen LogP contribution >= 0.6 is 27.5 Å². The fraction of sp³-hybridized carbons (Fsp3) is 0.385. The van der Waals surface area contributed by atoms with Crippen LogP contribution in [0.2, 0.25) is 5.02 Å². The van der Waals surface area contributed by atoms with Gasteiger partial charge in [0.05, 0.1) is 15.2 Å². The maximum atomic E-state index is 12.4. The van der Waals surface area contributed by atoms with Gasteiger partial charge in [-0.1, -0.05) is 31.0 Å². The Morgan fingerprint density at radius 1 is 1.47 bits per heavy atom. The van der Waals surface area contributed by atoms with E-state index in [1.165, 1.54) is 4.90 Å². The van der Waals surface area contributed by atoms with Gasteiger partial charge in [-0.3, -0.25) is 9.59 Å². The van der Waals surface area contributed by atoms with Crippen molar-refractivity contribution in [3.05, 3.63) is 27.7 Å². The smallest absolute Gasteiger partial charge is 0.250 e. The lowest BCUT2D eigenvalue weighted by Gasteiger charge is -2.33. The van der Waals surface area contributed by atoms with E-state index in [-0.39, 0.29) is 18.4 Å². The molecule has 1 aromatic rings. The molecule has 1 aliphatic heterocycles. The molecule has 4 nitrogen and oxygen atoms in total. The van der Waals surface area contributed by atoms with Gasteiger partial charge in [0, 0.05) is 0 Å². The second kappa shape index (κ2) is 5.92. The van der Waals surface area contributed by atoms with Crippen LogP contribution < -0.4 is 10.2 Å². The van der Waals surface area contributed by atoms with Gasteiger partial charge in [0.25, 0.3) is 0 Å². The van der Waals surface area contributed by atoms with Gasteiger partial charge in [-0.05, 0) is 34.5 Å². The molecule has 1 aliphatic rings. The lowest BCUT2D eigenvalue weighted by Crippen LogP contribution is -2.58. The number of amides is 2. The summed E-state index contributed by atoms with van der Waals surface area (Å²) in [7, 11) is 0. The van der Waals surface area contributed by atoms with Crippen molar-refractivity contribution in [1.29, 1.82) is 0 Å². The van der Waals surface area contributed by atoms with Crippen molar-refractivity contribution >= 4 is 45.0 Å². The molecular formula is C13H14BrClN2O2. The molecule has 6 heteroatoms. The van der Waals surface area contributed by atoms with Gasteiger partial charge in [0.2, 0.25) is 11.8 Å². The zero-order chi connectivity index (χ0) is 14.0. The average molecular weight is 346 g/mol. The third-order valence-corrected chi connectivity index (χ3v) is 4.38. The monoisotopic (exact) mass is 344 g/mol. The summed E-state index contributed by atoms with van der Waals surface area (Å²) in [4.78, 5) is 25.6. The van der Waals surface area contributed by atoms with Gasteiger partial charge in [-0.25, -0.2) is 0 Å². The Labute approximate surface area is 125 Å². The van der Waals surface area contributed by atoms with Crippen LogP contribution in [0.5, 0.6) is 0 Å². The van der Waals surface area contributed by atoms with Crippen LogP contribution in [0.1, 0.15) is 19.8 Å². The molecule has 2 rings (SSSR count). The zero-order valence-electron chi connectivity index (χ0n) is 10.5. The molecule has 0 aliphatic carbocycles. The highest BCUT2D eigenvalue weighted by atomic mass is 79.9. The maximum absolute atomic E-state index is 12.4. The average Bonchev–Trinajstić information content (AvgIpc) is 2.37. The van der Waals surface area contributed by atoms with Gasteiger partial charge >= 0.3 is 0 Å². The molecule has 0 saturated carbocycles. The van der Waals surface area contributed by atoms with Gasteiger partial charge in [0.15, 0.2) is 0 Å². The Morgan fingerprint density at radius 2 is 2.21 bits per heavy atom. The summed E-state index contributed by atoms with van der Waals surface area (Å²) in [5.41, 5.74) is 0.633. The molecule has 102 valence electrons. The van der Waals surface area contributed by atoms with E-state index >= 15 is 0 Å². The number of carbonyl (C=O) groups excluding carboxylic acids is 2. The molecule has 1 heterocycles. The third kappa shape index (κ3) is 2.92. The van der Waals surface area contributed by atoms with E-state index in [0.29, 0.717) is 21.6 Å². The summed E-state index contributed by atoms with van der Waals surface area (Å²) in [6, 6.07) is 4.82. The predicted octanol–water partition coefficient (Wildman–Crippen LogP) is 2.73. The van der Waals surface area contributed by atoms with E-state index < -0.39 is 6.04 Å². The van der Waals surface area contributed by atoms with Crippen LogP contribution in [0.4, 0.5) is 5.69 Å². The lowest BCUT2D eigenvalue weighted by molar-refractivity contribution is -0.131. The molecule has 1 fully saturated rings. The Bertz CT molecular complexity index is 521. The molecule has 1 unspecified atom stereocenters. The van der Waals surface area contributed by atoms with Crippen molar-refractivity contribution in [1.82, 2.24) is 5.32 Å². The second-order valence-corrected chi connectivity index (χ2v) is 5.61. The molecule has 2 amide bonds. The Morgan fingerprint density at radius 3 is 2.89 bits per heavy atom. The quantitative estimate of drug-likeness (QED) is 0.916. The standard InChI is InChI=1S/C13H14BrClN2O2/c1-2-4-9-13(19)17(7-11(18)16-9)10-6-3-5-8(15)12(10)14/h3,5-6,9H,2,4,7H2,1H3,(H,16,18). The van der Waals surface area contributed by atoms with Crippen LogP contribution in [-0.4, -0.2) is 24.4 Å². The van der Waals surface area contributed by atoms with Crippen molar-refractivity contribution in [2.75, 3.05) is 11.4 Å². The summed E-state index contributed by atoms with van der Waals surface area (Å²) in [6.07, 6.45) is 1.47. The largest absolute Gasteiger partial charge is 0.343 e. The molecule has 0 bridgehead atoms. The van der Waals surface area contributed by atoms with Gasteiger partial charge in [0.1, 0.15) is 12.6 Å². The van der Waals surface area contributed by atoms with Crippen LogP contribution in [-0.2, 0) is 9.59 Å². The number of nitrogens with one attached hydrogen (secondary N) is 1. The molecule has 1 aromatic carbocycles. The molecule has 1 saturated heterocycles. The van der Waals surface area contributed by atoms with Crippen LogP contribution in [0.3, 0.4) is 0 Å². The maximum Gasteiger partial charge on any atom is 0.250 e. The van der Waals surface area contributed by atoms with Gasteiger partial charge in [-0.15, -0.1) is 0 Å². The summed E-state index contributed by atoms with van der Waals surface area (Å²) in [5.74, 6) is -0.241. The number of benzene rings is 1. The number of piperazine rings is 1. The Balaban J connectivity index is 2.34. The summed E-state index contributed by atoms with van der Waals surface area (Å²) >= 11 is 9.39. The highest BCUT2D eigenvalue weighted by molar-refractivity contribution is 9.10. The Hall–Kier alpha value is -1.07. The SMILES string of the molecule is CCCC1NC(=O)CN(c2cccc(Cl)c2Br)C1=O. The normalized spacial score (nSPS) is 19.5. The van der Waals surface area contributed by atoms with Crippen molar-refractivity contribution in [3.8, 4) is 0 Å². The highest BCUT2D eigenvalue weighted by Gasteiger charge is 2.33. The van der Waals surface area contributed by atoms with Crippen molar-refractivity contribution in [3.63, 3.8) is 0 Å². The number of anilines is 1. The molecule has 0 spiro atoms. The first kappa shape index (κ1) is 14.3. The number of halogens is 2. The molecule has 0 radical (unpaired) electrons. The molecule has 0 aromatic heterocycles. The molecule has 19 heavy (non-hydrogen) atoms. The number of hydrogen-bond donors (Lipinski definition) is 1. The topological polar surface area (TPSA) is 49.4 Å². The first-order valence-electron chi connectivity index (χ1n) is 6.09. The minimum atomic E-state index is -0.447. The number of hydrogen-bond acceptors (Lipinski definition) is 2. The number of carbonyl (C=O) groups is 2. The summed E-state index contributed by atoms with van der Waals surface area (Å²) in [6.45, 7) is 2.01. The van der Waals surface area contributed by atoms with Crippen LogP contribution in [0, 0.1) is 0 Å². The minimum absolute atomic E-state index is 0.0258. The molecular weight excluding hydrogens is 332 g/mol. The fourth-order valence-corrected chi connectivity index (χ4v) is 2.75. The van der Waals surface area contributed by atoms with Crippen molar-refractivity contribution < 1.29 is 9.59 Å².